The monoisotopic (exact) mass is 353 g/mol. The lowest BCUT2D eigenvalue weighted by molar-refractivity contribution is -0.153. The van der Waals surface area contributed by atoms with Crippen molar-refractivity contribution < 1.29 is 14.3 Å². The van der Waals surface area contributed by atoms with Crippen LogP contribution in [0.2, 0.25) is 0 Å². The summed E-state index contributed by atoms with van der Waals surface area (Å²) < 4.78 is 11.5. The lowest BCUT2D eigenvalue weighted by atomic mass is 9.80. The number of hydrogen-bond acceptors (Lipinski definition) is 4. The summed E-state index contributed by atoms with van der Waals surface area (Å²) in [6.45, 7) is 2.75. The summed E-state index contributed by atoms with van der Waals surface area (Å²) in [5.41, 5.74) is 8.38. The fourth-order valence-corrected chi connectivity index (χ4v) is 3.63. The van der Waals surface area contributed by atoms with Crippen molar-refractivity contribution in [1.29, 1.82) is 0 Å². The van der Waals surface area contributed by atoms with Crippen molar-refractivity contribution in [2.75, 3.05) is 13.2 Å². The number of nitrogens with two attached hydrogens (primary N) is 1. The number of cyclic esters (lactones) is 1. The van der Waals surface area contributed by atoms with E-state index in [4.69, 9.17) is 15.2 Å². The second-order valence-corrected chi connectivity index (χ2v) is 7.09. The van der Waals surface area contributed by atoms with E-state index in [1.54, 1.807) is 0 Å². The van der Waals surface area contributed by atoms with Crippen LogP contribution in [-0.2, 0) is 27.1 Å². The molecule has 1 saturated heterocycles. The summed E-state index contributed by atoms with van der Waals surface area (Å²) in [7, 11) is 0. The van der Waals surface area contributed by atoms with E-state index in [0.29, 0.717) is 6.61 Å². The zero-order valence-electron chi connectivity index (χ0n) is 15.2. The van der Waals surface area contributed by atoms with Gasteiger partial charge in [0.15, 0.2) is 0 Å². The molecule has 0 bridgehead atoms. The Morgan fingerprint density at radius 1 is 0.923 bits per heavy atom. The molecule has 2 N–H and O–H groups in total. The first-order valence-corrected chi connectivity index (χ1v) is 9.25. The van der Waals surface area contributed by atoms with Crippen LogP contribution in [0, 0.1) is 11.8 Å². The van der Waals surface area contributed by atoms with Gasteiger partial charge in [-0.3, -0.25) is 4.79 Å². The van der Waals surface area contributed by atoms with E-state index in [-0.39, 0.29) is 30.5 Å². The van der Waals surface area contributed by atoms with E-state index in [9.17, 15) is 4.79 Å². The van der Waals surface area contributed by atoms with Gasteiger partial charge in [0.1, 0.15) is 12.1 Å². The Labute approximate surface area is 155 Å². The van der Waals surface area contributed by atoms with Crippen LogP contribution in [0.4, 0.5) is 0 Å². The van der Waals surface area contributed by atoms with Gasteiger partial charge in [0.2, 0.25) is 0 Å². The van der Waals surface area contributed by atoms with Crippen molar-refractivity contribution in [2.24, 2.45) is 17.6 Å². The van der Waals surface area contributed by atoms with Crippen LogP contribution in [-0.4, -0.2) is 31.3 Å². The highest BCUT2D eigenvalue weighted by atomic mass is 16.5. The quantitative estimate of drug-likeness (QED) is 0.859. The van der Waals surface area contributed by atoms with E-state index in [1.165, 1.54) is 11.1 Å². The van der Waals surface area contributed by atoms with Crippen molar-refractivity contribution in [3.05, 3.63) is 71.8 Å². The van der Waals surface area contributed by atoms with Gasteiger partial charge >= 0.3 is 5.97 Å². The number of rotatable bonds is 4. The zero-order chi connectivity index (χ0) is 18.4. The molecule has 0 radical (unpaired) electrons. The van der Waals surface area contributed by atoms with Gasteiger partial charge in [0.05, 0.1) is 13.2 Å². The molecule has 3 rings (SSSR count). The largest absolute Gasteiger partial charge is 0.461 e. The molecule has 1 aliphatic rings. The minimum atomic E-state index is -0.717. The van der Waals surface area contributed by atoms with Gasteiger partial charge < -0.3 is 15.2 Å². The van der Waals surface area contributed by atoms with E-state index >= 15 is 0 Å². The number of esters is 1. The number of carbonyl (C=O) groups excluding carboxylic acids is 1. The van der Waals surface area contributed by atoms with Gasteiger partial charge in [-0.15, -0.1) is 0 Å². The van der Waals surface area contributed by atoms with E-state index < -0.39 is 6.04 Å². The Kier molecular flexibility index (Phi) is 6.42. The zero-order valence-corrected chi connectivity index (χ0v) is 15.2. The molecule has 0 unspecified atom stereocenters. The topological polar surface area (TPSA) is 61.5 Å². The first-order valence-electron chi connectivity index (χ1n) is 9.25. The molecular weight excluding hydrogens is 326 g/mol. The van der Waals surface area contributed by atoms with E-state index in [2.05, 4.69) is 36.4 Å². The predicted molar refractivity (Wildman–Crippen MR) is 102 cm³/mol. The number of carbonyl (C=O) groups is 1. The number of benzene rings is 2. The number of hydrogen-bond donors (Lipinski definition) is 1. The SMILES string of the molecule is C[C@H]1OC(=O)[C@@H](N)COC[C@H](Cc2ccccc2)[C@H]1Cc1ccccc1. The standard InChI is InChI=1S/C22H27NO3/c1-16-20(13-18-10-6-3-7-11-18)19(12-17-8-4-2-5-9-17)14-25-15-21(23)22(24)26-16/h2-11,16,19-21H,12-15,23H2,1H3/t16-,19+,20+,21+/m1/s1. The first-order chi connectivity index (χ1) is 12.6. The van der Waals surface area contributed by atoms with Crippen LogP contribution in [0.1, 0.15) is 18.1 Å². The first kappa shape index (κ1) is 18.6. The highest BCUT2D eigenvalue weighted by Crippen LogP contribution is 2.28. The van der Waals surface area contributed by atoms with Gasteiger partial charge in [-0.25, -0.2) is 0 Å². The summed E-state index contributed by atoms with van der Waals surface area (Å²) in [5.74, 6) is 0.0217. The van der Waals surface area contributed by atoms with Crippen LogP contribution >= 0.6 is 0 Å². The molecule has 26 heavy (non-hydrogen) atoms. The molecule has 0 aliphatic carbocycles. The Morgan fingerprint density at radius 3 is 2.12 bits per heavy atom. The molecule has 1 heterocycles. The molecule has 2 aromatic carbocycles. The highest BCUT2D eigenvalue weighted by molar-refractivity contribution is 5.75. The molecule has 4 heteroatoms. The van der Waals surface area contributed by atoms with Crippen LogP contribution in [0.25, 0.3) is 0 Å². The second-order valence-electron chi connectivity index (χ2n) is 7.09. The van der Waals surface area contributed by atoms with Crippen LogP contribution < -0.4 is 5.73 Å². The van der Waals surface area contributed by atoms with Crippen molar-refractivity contribution in [2.45, 2.75) is 31.9 Å². The summed E-state index contributed by atoms with van der Waals surface area (Å²) in [6, 6.07) is 20.0. The Balaban J connectivity index is 1.85. The average Bonchev–Trinajstić information content (AvgIpc) is 2.70. The maximum atomic E-state index is 12.2. The fourth-order valence-electron chi connectivity index (χ4n) is 3.63. The molecule has 0 aromatic heterocycles. The molecule has 1 fully saturated rings. The van der Waals surface area contributed by atoms with Crippen molar-refractivity contribution >= 4 is 5.97 Å². The Morgan fingerprint density at radius 2 is 1.50 bits per heavy atom. The Hall–Kier alpha value is -2.17. The third kappa shape index (κ3) is 4.93. The molecule has 138 valence electrons. The van der Waals surface area contributed by atoms with Crippen molar-refractivity contribution in [1.82, 2.24) is 0 Å². The molecule has 2 aromatic rings. The third-order valence-electron chi connectivity index (χ3n) is 5.10. The van der Waals surface area contributed by atoms with Gasteiger partial charge in [-0.2, -0.15) is 0 Å². The average molecular weight is 353 g/mol. The van der Waals surface area contributed by atoms with Crippen LogP contribution in [0.15, 0.2) is 60.7 Å². The summed E-state index contributed by atoms with van der Waals surface area (Å²) in [6.07, 6.45) is 1.50. The summed E-state index contributed by atoms with van der Waals surface area (Å²) in [5, 5.41) is 0. The minimum Gasteiger partial charge on any atom is -0.461 e. The van der Waals surface area contributed by atoms with E-state index in [1.807, 2.05) is 31.2 Å². The maximum Gasteiger partial charge on any atom is 0.325 e. The normalized spacial score (nSPS) is 27.1. The van der Waals surface area contributed by atoms with Crippen molar-refractivity contribution in [3.63, 3.8) is 0 Å². The summed E-state index contributed by atoms with van der Waals surface area (Å²) >= 11 is 0. The van der Waals surface area contributed by atoms with E-state index in [0.717, 1.165) is 12.8 Å². The molecule has 0 saturated carbocycles. The van der Waals surface area contributed by atoms with Crippen LogP contribution in [0.3, 0.4) is 0 Å². The van der Waals surface area contributed by atoms with Gasteiger partial charge in [-0.05, 0) is 36.8 Å². The third-order valence-corrected chi connectivity index (χ3v) is 5.10. The number of ether oxygens (including phenoxy) is 2. The highest BCUT2D eigenvalue weighted by Gasteiger charge is 2.33. The molecule has 0 amide bonds. The molecule has 4 nitrogen and oxygen atoms in total. The van der Waals surface area contributed by atoms with Crippen molar-refractivity contribution in [3.8, 4) is 0 Å². The lowest BCUT2D eigenvalue weighted by Gasteiger charge is -2.31. The minimum absolute atomic E-state index is 0.159. The Bertz CT molecular complexity index is 689. The molecule has 1 aliphatic heterocycles. The second kappa shape index (κ2) is 8.97. The molecule has 0 spiro atoms. The maximum absolute atomic E-state index is 12.2. The van der Waals surface area contributed by atoms with Gasteiger partial charge in [0, 0.05) is 5.92 Å². The smallest absolute Gasteiger partial charge is 0.325 e. The van der Waals surface area contributed by atoms with Crippen LogP contribution in [0.5, 0.6) is 0 Å². The predicted octanol–water partition coefficient (Wildman–Crippen LogP) is 2.99. The summed E-state index contributed by atoms with van der Waals surface area (Å²) in [4.78, 5) is 12.2. The fraction of sp³-hybridized carbons (Fsp3) is 0.409. The lowest BCUT2D eigenvalue weighted by Crippen LogP contribution is -2.39. The van der Waals surface area contributed by atoms with Gasteiger partial charge in [0.25, 0.3) is 0 Å². The molecular formula is C22H27NO3. The van der Waals surface area contributed by atoms with Gasteiger partial charge in [-0.1, -0.05) is 60.7 Å². The molecule has 4 atom stereocenters.